The Morgan fingerprint density at radius 2 is 1.53 bits per heavy atom. The maximum atomic E-state index is 12.8. The van der Waals surface area contributed by atoms with E-state index in [1.807, 2.05) is 48.5 Å². The maximum Gasteiger partial charge on any atom is 0.332 e. The summed E-state index contributed by atoms with van der Waals surface area (Å²) in [6.45, 7) is 8.91. The SMILES string of the molecule is CC(C)[C@H]1CC[C@@H](C)C[C@@H]1OCC(=O)O[C@H](c1ccccc1)[C@@H](C)c1ccccc1. The predicted octanol–water partition coefficient (Wildman–Crippen LogP) is 6.55. The quantitative estimate of drug-likeness (QED) is 0.465. The standard InChI is InChI=1S/C27H36O3/c1-19(2)24-16-15-20(3)17-25(24)29-18-26(28)30-27(23-13-9-6-10-14-23)21(4)22-11-7-5-8-12-22/h5-14,19-21,24-25,27H,15-18H2,1-4H3/t20-,21+,24-,25+,27+/m1/s1. The van der Waals surface area contributed by atoms with Crippen LogP contribution in [0.3, 0.4) is 0 Å². The second kappa shape index (κ2) is 10.8. The van der Waals surface area contributed by atoms with E-state index in [2.05, 4.69) is 39.8 Å². The van der Waals surface area contributed by atoms with E-state index in [4.69, 9.17) is 9.47 Å². The Hall–Kier alpha value is -2.13. The maximum absolute atomic E-state index is 12.8. The second-order valence-corrected chi connectivity index (χ2v) is 9.20. The number of carbonyl (C=O) groups is 1. The fraction of sp³-hybridized carbons (Fsp3) is 0.519. The molecule has 30 heavy (non-hydrogen) atoms. The van der Waals surface area contributed by atoms with Crippen molar-refractivity contribution in [2.24, 2.45) is 17.8 Å². The summed E-state index contributed by atoms with van der Waals surface area (Å²) in [7, 11) is 0. The van der Waals surface area contributed by atoms with Crippen LogP contribution < -0.4 is 0 Å². The molecule has 0 spiro atoms. The van der Waals surface area contributed by atoms with Crippen LogP contribution in [0.25, 0.3) is 0 Å². The lowest BCUT2D eigenvalue weighted by Crippen LogP contribution is -2.36. The van der Waals surface area contributed by atoms with E-state index in [1.54, 1.807) is 0 Å². The zero-order chi connectivity index (χ0) is 21.5. The molecule has 0 unspecified atom stereocenters. The lowest BCUT2D eigenvalue weighted by Gasteiger charge is -2.37. The van der Waals surface area contributed by atoms with E-state index in [-0.39, 0.29) is 30.7 Å². The molecule has 3 nitrogen and oxygen atoms in total. The Kier molecular flexibility index (Phi) is 8.09. The summed E-state index contributed by atoms with van der Waals surface area (Å²) >= 11 is 0. The molecule has 0 bridgehead atoms. The molecule has 162 valence electrons. The van der Waals surface area contributed by atoms with E-state index in [1.165, 1.54) is 12.8 Å². The highest BCUT2D eigenvalue weighted by molar-refractivity contribution is 5.71. The van der Waals surface area contributed by atoms with Crippen molar-refractivity contribution in [3.05, 3.63) is 71.8 Å². The third-order valence-corrected chi connectivity index (χ3v) is 6.54. The monoisotopic (exact) mass is 408 g/mol. The van der Waals surface area contributed by atoms with Gasteiger partial charge in [0.1, 0.15) is 12.7 Å². The lowest BCUT2D eigenvalue weighted by atomic mass is 9.75. The number of carbonyl (C=O) groups excluding carboxylic acids is 1. The fourth-order valence-corrected chi connectivity index (χ4v) is 4.69. The molecule has 0 N–H and O–H groups in total. The number of ether oxygens (including phenoxy) is 2. The zero-order valence-corrected chi connectivity index (χ0v) is 18.8. The lowest BCUT2D eigenvalue weighted by molar-refractivity contribution is -0.161. The van der Waals surface area contributed by atoms with Crippen molar-refractivity contribution in [3.63, 3.8) is 0 Å². The van der Waals surface area contributed by atoms with E-state index < -0.39 is 0 Å². The highest BCUT2D eigenvalue weighted by Crippen LogP contribution is 2.36. The number of rotatable bonds is 8. The summed E-state index contributed by atoms with van der Waals surface area (Å²) in [5.74, 6) is 1.50. The summed E-state index contributed by atoms with van der Waals surface area (Å²) in [5, 5.41) is 0. The minimum absolute atomic E-state index is 0.0193. The van der Waals surface area contributed by atoms with Crippen LogP contribution in [0.2, 0.25) is 0 Å². The van der Waals surface area contributed by atoms with E-state index in [0.717, 1.165) is 17.5 Å². The first-order valence-corrected chi connectivity index (χ1v) is 11.4. The van der Waals surface area contributed by atoms with Gasteiger partial charge in [0.15, 0.2) is 0 Å². The van der Waals surface area contributed by atoms with E-state index in [0.29, 0.717) is 17.8 Å². The molecule has 0 amide bonds. The molecule has 0 aromatic heterocycles. The predicted molar refractivity (Wildman–Crippen MR) is 121 cm³/mol. The van der Waals surface area contributed by atoms with Gasteiger partial charge in [-0.15, -0.1) is 0 Å². The summed E-state index contributed by atoms with van der Waals surface area (Å²) < 4.78 is 12.1. The molecule has 0 saturated heterocycles. The van der Waals surface area contributed by atoms with Gasteiger partial charge in [0.2, 0.25) is 0 Å². The molecule has 1 aliphatic rings. The van der Waals surface area contributed by atoms with Gasteiger partial charge in [-0.25, -0.2) is 4.79 Å². The molecule has 5 atom stereocenters. The van der Waals surface area contributed by atoms with Crippen molar-refractivity contribution in [3.8, 4) is 0 Å². The molecule has 2 aromatic rings. The fourth-order valence-electron chi connectivity index (χ4n) is 4.69. The smallest absolute Gasteiger partial charge is 0.332 e. The summed E-state index contributed by atoms with van der Waals surface area (Å²) in [6.07, 6.45) is 3.26. The van der Waals surface area contributed by atoms with Crippen molar-refractivity contribution < 1.29 is 14.3 Å². The number of hydrogen-bond acceptors (Lipinski definition) is 3. The van der Waals surface area contributed by atoms with E-state index in [9.17, 15) is 4.79 Å². The second-order valence-electron chi connectivity index (χ2n) is 9.20. The van der Waals surface area contributed by atoms with Crippen molar-refractivity contribution in [1.29, 1.82) is 0 Å². The molecule has 0 radical (unpaired) electrons. The van der Waals surface area contributed by atoms with Crippen molar-refractivity contribution >= 4 is 5.97 Å². The van der Waals surface area contributed by atoms with Crippen molar-refractivity contribution in [2.45, 2.75) is 65.1 Å². The average molecular weight is 409 g/mol. The molecule has 3 heteroatoms. The van der Waals surface area contributed by atoms with Crippen LogP contribution >= 0.6 is 0 Å². The Morgan fingerprint density at radius 1 is 0.933 bits per heavy atom. The van der Waals surface area contributed by atoms with Crippen LogP contribution in [-0.4, -0.2) is 18.7 Å². The van der Waals surface area contributed by atoms with Crippen LogP contribution in [0.4, 0.5) is 0 Å². The molecule has 1 fully saturated rings. The van der Waals surface area contributed by atoms with Gasteiger partial charge in [-0.1, -0.05) is 94.8 Å². The van der Waals surface area contributed by atoms with Crippen LogP contribution in [0.5, 0.6) is 0 Å². The van der Waals surface area contributed by atoms with Gasteiger partial charge in [-0.2, -0.15) is 0 Å². The van der Waals surface area contributed by atoms with Crippen LogP contribution in [0, 0.1) is 17.8 Å². The van der Waals surface area contributed by atoms with Crippen LogP contribution in [0.1, 0.15) is 70.1 Å². The minimum atomic E-state index is -0.337. The largest absolute Gasteiger partial charge is 0.455 e. The number of hydrogen-bond donors (Lipinski definition) is 0. The Bertz CT molecular complexity index is 771. The van der Waals surface area contributed by atoms with E-state index >= 15 is 0 Å². The van der Waals surface area contributed by atoms with Gasteiger partial charge in [-0.05, 0) is 41.7 Å². The highest BCUT2D eigenvalue weighted by atomic mass is 16.6. The molecule has 1 saturated carbocycles. The van der Waals surface area contributed by atoms with Gasteiger partial charge in [-0.3, -0.25) is 0 Å². The summed E-state index contributed by atoms with van der Waals surface area (Å²) in [4.78, 5) is 12.8. The third-order valence-electron chi connectivity index (χ3n) is 6.54. The average Bonchev–Trinajstić information content (AvgIpc) is 2.76. The van der Waals surface area contributed by atoms with Gasteiger partial charge < -0.3 is 9.47 Å². The summed E-state index contributed by atoms with van der Waals surface area (Å²) in [5.41, 5.74) is 2.16. The number of benzene rings is 2. The zero-order valence-electron chi connectivity index (χ0n) is 18.8. The molecular weight excluding hydrogens is 372 g/mol. The molecule has 0 heterocycles. The van der Waals surface area contributed by atoms with Gasteiger partial charge in [0, 0.05) is 5.92 Å². The molecule has 3 rings (SSSR count). The molecule has 1 aliphatic carbocycles. The van der Waals surface area contributed by atoms with Gasteiger partial charge >= 0.3 is 5.97 Å². The number of esters is 1. The highest BCUT2D eigenvalue weighted by Gasteiger charge is 2.32. The molecule has 0 aliphatic heterocycles. The van der Waals surface area contributed by atoms with Crippen LogP contribution in [0.15, 0.2) is 60.7 Å². The van der Waals surface area contributed by atoms with Gasteiger partial charge in [0.25, 0.3) is 0 Å². The minimum Gasteiger partial charge on any atom is -0.455 e. The van der Waals surface area contributed by atoms with Crippen molar-refractivity contribution in [1.82, 2.24) is 0 Å². The Labute approximate surface area is 181 Å². The third kappa shape index (κ3) is 5.95. The first-order chi connectivity index (χ1) is 14.5. The first kappa shape index (κ1) is 22.6. The Balaban J connectivity index is 1.67. The van der Waals surface area contributed by atoms with Crippen LogP contribution in [-0.2, 0) is 14.3 Å². The van der Waals surface area contributed by atoms with Gasteiger partial charge in [0.05, 0.1) is 6.10 Å². The topological polar surface area (TPSA) is 35.5 Å². The molecular formula is C27H36O3. The molecule has 2 aromatic carbocycles. The Morgan fingerprint density at radius 3 is 2.13 bits per heavy atom. The summed E-state index contributed by atoms with van der Waals surface area (Å²) in [6, 6.07) is 20.2. The first-order valence-electron chi connectivity index (χ1n) is 11.4. The normalized spacial score (nSPS) is 23.7. The van der Waals surface area contributed by atoms with Crippen molar-refractivity contribution in [2.75, 3.05) is 6.61 Å².